The molecule has 0 fully saturated rings. The first-order valence-corrected chi connectivity index (χ1v) is 10.7. The number of carbonyl (C=O) groups excluding carboxylic acids is 1. The van der Waals surface area contributed by atoms with Crippen LogP contribution in [0.2, 0.25) is 10.0 Å². The monoisotopic (exact) mass is 463 g/mol. The summed E-state index contributed by atoms with van der Waals surface area (Å²) in [4.78, 5) is 14.0. The molecule has 5 nitrogen and oxygen atoms in total. The third-order valence-corrected chi connectivity index (χ3v) is 5.45. The van der Waals surface area contributed by atoms with Gasteiger partial charge in [0.1, 0.15) is 0 Å². The maximum Gasteiger partial charge on any atom is 0.279 e. The fourth-order valence-corrected chi connectivity index (χ4v) is 4.02. The molecule has 1 amide bonds. The Bertz CT molecular complexity index is 1080. The van der Waals surface area contributed by atoms with E-state index in [-0.39, 0.29) is 35.7 Å². The van der Waals surface area contributed by atoms with Crippen molar-refractivity contribution in [2.75, 3.05) is 11.5 Å². The Labute approximate surface area is 191 Å². The van der Waals surface area contributed by atoms with E-state index in [0.29, 0.717) is 12.2 Å². The molecule has 0 atom stereocenters. The van der Waals surface area contributed by atoms with Crippen LogP contribution in [0.5, 0.6) is 0 Å². The second-order valence-electron chi connectivity index (χ2n) is 7.58. The average Bonchev–Trinajstić information content (AvgIpc) is 3.21. The number of aliphatic hydroxyl groups is 1. The fourth-order valence-electron chi connectivity index (χ4n) is 3.61. The van der Waals surface area contributed by atoms with Crippen LogP contribution in [0.3, 0.4) is 0 Å². The second-order valence-corrected chi connectivity index (χ2v) is 8.42. The zero-order chi connectivity index (χ0) is 22.7. The maximum atomic E-state index is 14.2. The van der Waals surface area contributed by atoms with Crippen molar-refractivity contribution in [3.05, 3.63) is 80.8 Å². The Morgan fingerprint density at radius 2 is 1.90 bits per heavy atom. The zero-order valence-electron chi connectivity index (χ0n) is 17.6. The molecule has 1 aliphatic heterocycles. The SMILES string of the molecule is CC(C)c1c2c(nn1CCO)C(=O)N(c1cccc(Cl)c1F)C2.Cc1cccc(Cl)c1. The largest absolute Gasteiger partial charge is 0.394 e. The van der Waals surface area contributed by atoms with E-state index in [1.165, 1.54) is 22.6 Å². The van der Waals surface area contributed by atoms with Gasteiger partial charge >= 0.3 is 0 Å². The fraction of sp³-hybridized carbons (Fsp3) is 0.304. The Balaban J connectivity index is 0.000000287. The predicted octanol–water partition coefficient (Wildman–Crippen LogP) is 5.60. The Kier molecular flexibility index (Phi) is 7.36. The summed E-state index contributed by atoms with van der Waals surface area (Å²) in [6, 6.07) is 12.3. The number of hydrogen-bond acceptors (Lipinski definition) is 3. The molecule has 0 saturated heterocycles. The van der Waals surface area contributed by atoms with Crippen LogP contribution in [0.4, 0.5) is 10.1 Å². The van der Waals surface area contributed by atoms with E-state index < -0.39 is 5.82 Å². The molecule has 1 aromatic heterocycles. The number of aliphatic hydroxyl groups excluding tert-OH is 1. The molecular formula is C23H24Cl2FN3O2. The number of hydrogen-bond donors (Lipinski definition) is 1. The number of amides is 1. The minimum Gasteiger partial charge on any atom is -0.394 e. The lowest BCUT2D eigenvalue weighted by molar-refractivity contribution is 0.0989. The van der Waals surface area contributed by atoms with Gasteiger partial charge < -0.3 is 5.11 Å². The summed E-state index contributed by atoms with van der Waals surface area (Å²) in [7, 11) is 0. The Morgan fingerprint density at radius 3 is 2.48 bits per heavy atom. The first-order chi connectivity index (χ1) is 14.7. The van der Waals surface area contributed by atoms with Crippen LogP contribution < -0.4 is 4.90 Å². The third kappa shape index (κ3) is 4.92. The van der Waals surface area contributed by atoms with Crippen molar-refractivity contribution in [1.82, 2.24) is 9.78 Å². The molecule has 3 aromatic rings. The molecule has 31 heavy (non-hydrogen) atoms. The Hall–Kier alpha value is -2.41. The average molecular weight is 464 g/mol. The zero-order valence-corrected chi connectivity index (χ0v) is 19.1. The van der Waals surface area contributed by atoms with Crippen molar-refractivity contribution in [1.29, 1.82) is 0 Å². The van der Waals surface area contributed by atoms with E-state index >= 15 is 0 Å². The number of carbonyl (C=O) groups is 1. The van der Waals surface area contributed by atoms with Crippen LogP contribution in [0.25, 0.3) is 0 Å². The molecule has 1 aliphatic rings. The summed E-state index contributed by atoms with van der Waals surface area (Å²) >= 11 is 11.5. The number of fused-ring (bicyclic) bond motifs is 1. The molecule has 0 unspecified atom stereocenters. The van der Waals surface area contributed by atoms with Gasteiger partial charge in [0.05, 0.1) is 30.4 Å². The van der Waals surface area contributed by atoms with Crippen molar-refractivity contribution in [2.24, 2.45) is 0 Å². The molecule has 1 N–H and O–H groups in total. The van der Waals surface area contributed by atoms with Crippen LogP contribution in [0.15, 0.2) is 42.5 Å². The quantitative estimate of drug-likeness (QED) is 0.547. The van der Waals surface area contributed by atoms with Gasteiger partial charge in [-0.15, -0.1) is 0 Å². The number of benzene rings is 2. The molecule has 164 valence electrons. The van der Waals surface area contributed by atoms with Gasteiger partial charge in [-0.1, -0.05) is 55.2 Å². The minimum absolute atomic E-state index is 0.0192. The van der Waals surface area contributed by atoms with Crippen LogP contribution in [0.1, 0.15) is 47.1 Å². The van der Waals surface area contributed by atoms with Crippen molar-refractivity contribution >= 4 is 34.8 Å². The lowest BCUT2D eigenvalue weighted by atomic mass is 10.0. The van der Waals surface area contributed by atoms with Crippen LogP contribution in [-0.2, 0) is 13.1 Å². The third-order valence-electron chi connectivity index (χ3n) is 4.92. The molecule has 2 aromatic carbocycles. The van der Waals surface area contributed by atoms with E-state index in [9.17, 15) is 9.18 Å². The predicted molar refractivity (Wildman–Crippen MR) is 122 cm³/mol. The molecular weight excluding hydrogens is 440 g/mol. The minimum atomic E-state index is -0.609. The van der Waals surface area contributed by atoms with Gasteiger partial charge in [0.25, 0.3) is 5.91 Å². The number of aromatic nitrogens is 2. The van der Waals surface area contributed by atoms with Gasteiger partial charge in [-0.25, -0.2) is 4.39 Å². The molecule has 0 aliphatic carbocycles. The maximum absolute atomic E-state index is 14.2. The number of rotatable bonds is 4. The highest BCUT2D eigenvalue weighted by Crippen LogP contribution is 2.35. The standard InChI is InChI=1S/C16H17ClFN3O2.C7H7Cl/c1-9(2)15-10-8-20(12-5-3-4-11(17)13(12)18)16(23)14(10)19-21(15)6-7-22;1-6-3-2-4-7(8)5-6/h3-5,9,22H,6-8H2,1-2H3;2-5H,1H3. The van der Waals surface area contributed by atoms with Gasteiger partial charge in [-0.2, -0.15) is 5.10 Å². The topological polar surface area (TPSA) is 58.4 Å². The molecule has 8 heteroatoms. The highest BCUT2D eigenvalue weighted by Gasteiger charge is 2.37. The first kappa shape index (κ1) is 23.3. The van der Waals surface area contributed by atoms with Crippen molar-refractivity contribution in [3.63, 3.8) is 0 Å². The lowest BCUT2D eigenvalue weighted by Crippen LogP contribution is -2.26. The Morgan fingerprint density at radius 1 is 1.19 bits per heavy atom. The first-order valence-electron chi connectivity index (χ1n) is 9.93. The van der Waals surface area contributed by atoms with E-state index in [0.717, 1.165) is 16.3 Å². The van der Waals surface area contributed by atoms with Gasteiger partial charge in [0.15, 0.2) is 11.5 Å². The normalized spacial score (nSPS) is 12.8. The van der Waals surface area contributed by atoms with E-state index in [1.54, 1.807) is 10.7 Å². The summed E-state index contributed by atoms with van der Waals surface area (Å²) in [5.74, 6) is -0.823. The van der Waals surface area contributed by atoms with Crippen LogP contribution in [0, 0.1) is 12.7 Å². The highest BCUT2D eigenvalue weighted by atomic mass is 35.5. The molecule has 4 rings (SSSR count). The van der Waals surface area contributed by atoms with Crippen LogP contribution >= 0.6 is 23.2 Å². The molecule has 2 heterocycles. The van der Waals surface area contributed by atoms with Crippen molar-refractivity contribution in [3.8, 4) is 0 Å². The second kappa shape index (κ2) is 9.81. The highest BCUT2D eigenvalue weighted by molar-refractivity contribution is 6.31. The molecule has 0 saturated carbocycles. The number of anilines is 1. The van der Waals surface area contributed by atoms with Crippen LogP contribution in [-0.4, -0.2) is 27.4 Å². The number of halogens is 3. The van der Waals surface area contributed by atoms with Gasteiger partial charge in [-0.05, 0) is 42.7 Å². The summed E-state index contributed by atoms with van der Waals surface area (Å²) < 4.78 is 15.9. The number of aryl methyl sites for hydroxylation is 1. The van der Waals surface area contributed by atoms with Gasteiger partial charge in [0.2, 0.25) is 0 Å². The van der Waals surface area contributed by atoms with E-state index in [1.807, 2.05) is 45.0 Å². The molecule has 0 radical (unpaired) electrons. The summed E-state index contributed by atoms with van der Waals surface area (Å²) in [5, 5.41) is 14.3. The van der Waals surface area contributed by atoms with E-state index in [2.05, 4.69) is 5.10 Å². The summed E-state index contributed by atoms with van der Waals surface area (Å²) in [6.45, 7) is 6.55. The summed E-state index contributed by atoms with van der Waals surface area (Å²) in [5.41, 5.74) is 3.37. The molecule has 0 spiro atoms. The summed E-state index contributed by atoms with van der Waals surface area (Å²) in [6.07, 6.45) is 0. The van der Waals surface area contributed by atoms with Crippen molar-refractivity contribution in [2.45, 2.75) is 39.8 Å². The van der Waals surface area contributed by atoms with E-state index in [4.69, 9.17) is 28.3 Å². The van der Waals surface area contributed by atoms with Crippen molar-refractivity contribution < 1.29 is 14.3 Å². The number of nitrogens with zero attached hydrogens (tertiary/aromatic N) is 3. The lowest BCUT2D eigenvalue weighted by Gasteiger charge is -2.19. The molecule has 0 bridgehead atoms. The van der Waals surface area contributed by atoms with Gasteiger partial charge in [-0.3, -0.25) is 14.4 Å². The smallest absolute Gasteiger partial charge is 0.279 e. The van der Waals surface area contributed by atoms with Gasteiger partial charge in [0, 0.05) is 16.3 Å².